The number of sulfonamides is 1. The Morgan fingerprint density at radius 1 is 1.21 bits per heavy atom. The summed E-state index contributed by atoms with van der Waals surface area (Å²) in [5.41, 5.74) is 0.865. The number of hydrogen-bond donors (Lipinski definition) is 1. The number of para-hydroxylation sites is 1. The van der Waals surface area contributed by atoms with Crippen molar-refractivity contribution in [2.75, 3.05) is 18.4 Å². The molecule has 0 aliphatic rings. The van der Waals surface area contributed by atoms with E-state index in [1.54, 1.807) is 31.2 Å². The van der Waals surface area contributed by atoms with Crippen LogP contribution in [0.25, 0.3) is 0 Å². The number of nitrogens with one attached hydrogen (secondary N) is 1. The second kappa shape index (κ2) is 7.55. The third kappa shape index (κ3) is 4.39. The lowest BCUT2D eigenvalue weighted by atomic mass is 10.2. The van der Waals surface area contributed by atoms with E-state index in [-0.39, 0.29) is 11.5 Å². The molecular formula is C16H16ClNO5S. The first-order valence-corrected chi connectivity index (χ1v) is 8.77. The topological polar surface area (TPSA) is 81.7 Å². The Morgan fingerprint density at radius 3 is 2.54 bits per heavy atom. The van der Waals surface area contributed by atoms with Gasteiger partial charge < -0.3 is 9.47 Å². The molecule has 1 N–H and O–H groups in total. The first-order valence-electron chi connectivity index (χ1n) is 6.91. The Morgan fingerprint density at radius 2 is 1.92 bits per heavy atom. The average Bonchev–Trinajstić information content (AvgIpc) is 2.55. The maximum Gasteiger partial charge on any atom is 0.343 e. The first-order chi connectivity index (χ1) is 11.3. The maximum absolute atomic E-state index is 12.4. The molecule has 0 spiro atoms. The number of aryl methyl sites for hydroxylation is 1. The van der Waals surface area contributed by atoms with Crippen molar-refractivity contribution in [3.63, 3.8) is 0 Å². The van der Waals surface area contributed by atoms with E-state index < -0.39 is 16.0 Å². The fourth-order valence-electron chi connectivity index (χ4n) is 1.89. The number of anilines is 1. The highest BCUT2D eigenvalue weighted by Crippen LogP contribution is 2.26. The van der Waals surface area contributed by atoms with Crippen molar-refractivity contribution in [1.29, 1.82) is 0 Å². The van der Waals surface area contributed by atoms with Crippen molar-refractivity contribution in [1.82, 2.24) is 0 Å². The van der Waals surface area contributed by atoms with Crippen LogP contribution in [0.15, 0.2) is 47.4 Å². The van der Waals surface area contributed by atoms with Crippen LogP contribution in [0, 0.1) is 6.92 Å². The Bertz CT molecular complexity index is 851. The predicted octanol–water partition coefficient (Wildman–Crippen LogP) is 3.00. The summed E-state index contributed by atoms with van der Waals surface area (Å²) in [6, 6.07) is 10.9. The van der Waals surface area contributed by atoms with Gasteiger partial charge in [-0.05, 0) is 42.8 Å². The van der Waals surface area contributed by atoms with Crippen molar-refractivity contribution >= 4 is 33.3 Å². The molecule has 0 aromatic heterocycles. The standard InChI is InChI=1S/C16H16ClNO5S/c1-11-9-12(7-8-15(11)23-10-16(19)22-2)24(20,21)18-14-6-4-3-5-13(14)17/h3-9,18H,10H2,1-2H3. The van der Waals surface area contributed by atoms with Gasteiger partial charge in [-0.3, -0.25) is 4.72 Å². The quantitative estimate of drug-likeness (QED) is 0.791. The number of rotatable bonds is 6. The lowest BCUT2D eigenvalue weighted by molar-refractivity contribution is -0.142. The van der Waals surface area contributed by atoms with Gasteiger partial charge in [0, 0.05) is 0 Å². The minimum absolute atomic E-state index is 0.0605. The molecule has 0 fully saturated rings. The van der Waals surface area contributed by atoms with Gasteiger partial charge in [0.15, 0.2) is 6.61 Å². The molecule has 0 bridgehead atoms. The highest BCUT2D eigenvalue weighted by atomic mass is 35.5. The van der Waals surface area contributed by atoms with Gasteiger partial charge in [0.2, 0.25) is 0 Å². The van der Waals surface area contributed by atoms with E-state index in [1.807, 2.05) is 0 Å². The zero-order valence-electron chi connectivity index (χ0n) is 13.1. The van der Waals surface area contributed by atoms with Gasteiger partial charge in [0.1, 0.15) is 5.75 Å². The van der Waals surface area contributed by atoms with Crippen LogP contribution in [-0.4, -0.2) is 28.1 Å². The molecule has 2 aromatic carbocycles. The Hall–Kier alpha value is -2.25. The first kappa shape index (κ1) is 18.1. The van der Waals surface area contributed by atoms with Gasteiger partial charge in [0.25, 0.3) is 10.0 Å². The third-order valence-electron chi connectivity index (χ3n) is 3.15. The van der Waals surface area contributed by atoms with E-state index in [1.165, 1.54) is 25.3 Å². The van der Waals surface area contributed by atoms with Crippen LogP contribution in [0.2, 0.25) is 5.02 Å². The van der Waals surface area contributed by atoms with E-state index in [9.17, 15) is 13.2 Å². The number of carbonyl (C=O) groups is 1. The van der Waals surface area contributed by atoms with Crippen molar-refractivity contribution in [2.45, 2.75) is 11.8 Å². The fraction of sp³-hybridized carbons (Fsp3) is 0.188. The van der Waals surface area contributed by atoms with Gasteiger partial charge in [-0.15, -0.1) is 0 Å². The minimum atomic E-state index is -3.79. The fourth-order valence-corrected chi connectivity index (χ4v) is 3.30. The third-order valence-corrected chi connectivity index (χ3v) is 4.84. The summed E-state index contributed by atoms with van der Waals surface area (Å²) in [6.45, 7) is 1.43. The van der Waals surface area contributed by atoms with Crippen LogP contribution in [-0.2, 0) is 19.6 Å². The van der Waals surface area contributed by atoms with Crippen molar-refractivity contribution in [3.05, 3.63) is 53.1 Å². The van der Waals surface area contributed by atoms with Crippen molar-refractivity contribution in [2.24, 2.45) is 0 Å². The number of hydrogen-bond acceptors (Lipinski definition) is 5. The SMILES string of the molecule is COC(=O)COc1ccc(S(=O)(=O)Nc2ccccc2Cl)cc1C. The van der Waals surface area contributed by atoms with Gasteiger partial charge in [0.05, 0.1) is 22.7 Å². The lowest BCUT2D eigenvalue weighted by Crippen LogP contribution is -2.15. The molecule has 6 nitrogen and oxygen atoms in total. The van der Waals surface area contributed by atoms with Crippen LogP contribution < -0.4 is 9.46 Å². The summed E-state index contributed by atoms with van der Waals surface area (Å²) in [4.78, 5) is 11.2. The molecule has 24 heavy (non-hydrogen) atoms. The molecule has 0 saturated carbocycles. The summed E-state index contributed by atoms with van der Waals surface area (Å²) < 4.78 is 37.1. The highest BCUT2D eigenvalue weighted by molar-refractivity contribution is 7.92. The Kier molecular flexibility index (Phi) is 5.69. The minimum Gasteiger partial charge on any atom is -0.482 e. The molecule has 0 saturated heterocycles. The average molecular weight is 370 g/mol. The molecule has 0 heterocycles. The second-order valence-corrected chi connectivity index (χ2v) is 6.97. The maximum atomic E-state index is 12.4. The summed E-state index contributed by atoms with van der Waals surface area (Å²) in [7, 11) is -2.53. The summed E-state index contributed by atoms with van der Waals surface area (Å²) in [5, 5.41) is 0.302. The number of carbonyl (C=O) groups excluding carboxylic acids is 1. The summed E-state index contributed by atoms with van der Waals surface area (Å²) in [6.07, 6.45) is 0. The predicted molar refractivity (Wildman–Crippen MR) is 91.0 cm³/mol. The number of esters is 1. The largest absolute Gasteiger partial charge is 0.482 e. The molecule has 0 amide bonds. The van der Waals surface area contributed by atoms with Crippen LogP contribution in [0.3, 0.4) is 0 Å². The van der Waals surface area contributed by atoms with Crippen LogP contribution in [0.4, 0.5) is 5.69 Å². The van der Waals surface area contributed by atoms with E-state index in [2.05, 4.69) is 9.46 Å². The Balaban J connectivity index is 2.21. The normalized spacial score (nSPS) is 11.0. The smallest absolute Gasteiger partial charge is 0.343 e. The number of methoxy groups -OCH3 is 1. The van der Waals surface area contributed by atoms with Gasteiger partial charge in [-0.1, -0.05) is 23.7 Å². The van der Waals surface area contributed by atoms with Gasteiger partial charge in [-0.25, -0.2) is 13.2 Å². The molecule has 2 aromatic rings. The lowest BCUT2D eigenvalue weighted by Gasteiger charge is -2.12. The molecule has 0 unspecified atom stereocenters. The zero-order chi connectivity index (χ0) is 17.7. The molecule has 0 aliphatic heterocycles. The number of ether oxygens (including phenoxy) is 2. The molecule has 8 heteroatoms. The van der Waals surface area contributed by atoms with E-state index in [0.29, 0.717) is 22.0 Å². The molecule has 0 atom stereocenters. The van der Waals surface area contributed by atoms with Crippen molar-refractivity contribution < 1.29 is 22.7 Å². The van der Waals surface area contributed by atoms with E-state index >= 15 is 0 Å². The molecule has 0 radical (unpaired) electrons. The van der Waals surface area contributed by atoms with Gasteiger partial charge >= 0.3 is 5.97 Å². The molecule has 0 aliphatic carbocycles. The molecule has 128 valence electrons. The summed E-state index contributed by atoms with van der Waals surface area (Å²) in [5.74, 6) is -0.122. The van der Waals surface area contributed by atoms with E-state index in [0.717, 1.165) is 0 Å². The monoisotopic (exact) mass is 369 g/mol. The second-order valence-electron chi connectivity index (χ2n) is 4.88. The van der Waals surface area contributed by atoms with Gasteiger partial charge in [-0.2, -0.15) is 0 Å². The molecular weight excluding hydrogens is 354 g/mol. The Labute approximate surface area is 145 Å². The highest BCUT2D eigenvalue weighted by Gasteiger charge is 2.17. The number of benzene rings is 2. The van der Waals surface area contributed by atoms with Crippen LogP contribution in [0.5, 0.6) is 5.75 Å². The summed E-state index contributed by atoms with van der Waals surface area (Å²) >= 11 is 5.97. The van der Waals surface area contributed by atoms with Crippen molar-refractivity contribution in [3.8, 4) is 5.75 Å². The molecule has 2 rings (SSSR count). The van der Waals surface area contributed by atoms with Crippen LogP contribution >= 0.6 is 11.6 Å². The number of halogens is 1. The zero-order valence-corrected chi connectivity index (χ0v) is 14.6. The van der Waals surface area contributed by atoms with E-state index in [4.69, 9.17) is 16.3 Å². The van der Waals surface area contributed by atoms with Crippen LogP contribution in [0.1, 0.15) is 5.56 Å².